The summed E-state index contributed by atoms with van der Waals surface area (Å²) in [5.41, 5.74) is 1.39. The van der Waals surface area contributed by atoms with E-state index in [1.54, 1.807) is 0 Å². The van der Waals surface area contributed by atoms with Gasteiger partial charge in [0.05, 0.1) is 13.7 Å². The summed E-state index contributed by atoms with van der Waals surface area (Å²) < 4.78 is 23.7. The van der Waals surface area contributed by atoms with Crippen molar-refractivity contribution in [2.75, 3.05) is 25.6 Å². The van der Waals surface area contributed by atoms with Gasteiger partial charge in [-0.15, -0.1) is 0 Å². The Balaban J connectivity index is 2.16. The fraction of sp³-hybridized carbons (Fsp3) is 0.533. The van der Waals surface area contributed by atoms with E-state index in [0.29, 0.717) is 12.3 Å². The normalized spacial score (nSPS) is 20.2. The van der Waals surface area contributed by atoms with Gasteiger partial charge in [-0.1, -0.05) is 0 Å². The van der Waals surface area contributed by atoms with Crippen molar-refractivity contribution in [3.63, 3.8) is 0 Å². The maximum atomic E-state index is 13.4. The van der Waals surface area contributed by atoms with E-state index in [4.69, 9.17) is 9.47 Å². The van der Waals surface area contributed by atoms with E-state index in [0.717, 1.165) is 25.0 Å². The maximum absolute atomic E-state index is 13.4. The Morgan fingerprint density at radius 3 is 2.90 bits per heavy atom. The second-order valence-electron chi connectivity index (χ2n) is 5.14. The molecule has 2 unspecified atom stereocenters. The number of esters is 1. The highest BCUT2D eigenvalue weighted by Gasteiger charge is 2.31. The highest BCUT2D eigenvalue weighted by Crippen LogP contribution is 2.23. The molecule has 0 radical (unpaired) electrons. The van der Waals surface area contributed by atoms with Crippen LogP contribution in [0.4, 0.5) is 10.1 Å². The molecular formula is C15H20FNO3. The van der Waals surface area contributed by atoms with Gasteiger partial charge in [-0.2, -0.15) is 0 Å². The summed E-state index contributed by atoms with van der Waals surface area (Å²) in [5, 5.41) is 3.09. The maximum Gasteiger partial charge on any atom is 0.328 e. The quantitative estimate of drug-likeness (QED) is 0.862. The molecule has 1 N–H and O–H groups in total. The summed E-state index contributed by atoms with van der Waals surface area (Å²) in [6.45, 7) is 3.05. The van der Waals surface area contributed by atoms with E-state index in [2.05, 4.69) is 5.32 Å². The predicted molar refractivity (Wildman–Crippen MR) is 74.1 cm³/mol. The number of carbonyl (C=O) groups excluding carboxylic acids is 1. The van der Waals surface area contributed by atoms with Gasteiger partial charge in [-0.25, -0.2) is 9.18 Å². The monoisotopic (exact) mass is 281 g/mol. The third kappa shape index (κ3) is 3.70. The molecule has 0 spiro atoms. The molecule has 0 aromatic heterocycles. The van der Waals surface area contributed by atoms with Gasteiger partial charge in [0.25, 0.3) is 0 Å². The Bertz CT molecular complexity index is 452. The molecule has 0 bridgehead atoms. The minimum Gasteiger partial charge on any atom is -0.467 e. The molecule has 1 saturated heterocycles. The van der Waals surface area contributed by atoms with Crippen molar-refractivity contribution in [3.8, 4) is 0 Å². The van der Waals surface area contributed by atoms with Gasteiger partial charge in [0.1, 0.15) is 11.9 Å². The fourth-order valence-electron chi connectivity index (χ4n) is 2.52. The first kappa shape index (κ1) is 14.8. The van der Waals surface area contributed by atoms with Crippen LogP contribution in [0, 0.1) is 18.7 Å². The third-order valence-electron chi connectivity index (χ3n) is 3.49. The number of carbonyl (C=O) groups is 1. The molecule has 1 aromatic carbocycles. The van der Waals surface area contributed by atoms with Crippen molar-refractivity contribution in [2.45, 2.75) is 25.8 Å². The Morgan fingerprint density at radius 1 is 1.50 bits per heavy atom. The summed E-state index contributed by atoms with van der Waals surface area (Å²) in [4.78, 5) is 12.0. The lowest BCUT2D eigenvalue weighted by Crippen LogP contribution is -2.41. The summed E-state index contributed by atoms with van der Waals surface area (Å²) in [6.07, 6.45) is 1.81. The smallest absolute Gasteiger partial charge is 0.328 e. The SMILES string of the molecule is COC(=O)C(Nc1cc(C)cc(F)c1)C1CCCOC1. The number of rotatable bonds is 4. The van der Waals surface area contributed by atoms with E-state index in [1.807, 2.05) is 13.0 Å². The number of benzene rings is 1. The highest BCUT2D eigenvalue weighted by atomic mass is 19.1. The van der Waals surface area contributed by atoms with Gasteiger partial charge < -0.3 is 14.8 Å². The lowest BCUT2D eigenvalue weighted by Gasteiger charge is -2.29. The van der Waals surface area contributed by atoms with E-state index in [9.17, 15) is 9.18 Å². The first-order valence-corrected chi connectivity index (χ1v) is 6.79. The van der Waals surface area contributed by atoms with Crippen LogP contribution in [-0.2, 0) is 14.3 Å². The predicted octanol–water partition coefficient (Wildman–Crippen LogP) is 2.51. The Kier molecular flexibility index (Phi) is 4.95. The zero-order valence-electron chi connectivity index (χ0n) is 11.8. The van der Waals surface area contributed by atoms with Gasteiger partial charge in [0.2, 0.25) is 0 Å². The number of hydrogen-bond acceptors (Lipinski definition) is 4. The highest BCUT2D eigenvalue weighted by molar-refractivity contribution is 5.79. The van der Waals surface area contributed by atoms with Crippen LogP contribution in [0.5, 0.6) is 0 Å². The van der Waals surface area contributed by atoms with Crippen molar-refractivity contribution in [1.29, 1.82) is 0 Å². The Morgan fingerprint density at radius 2 is 2.30 bits per heavy atom. The lowest BCUT2D eigenvalue weighted by molar-refractivity contribution is -0.144. The number of anilines is 1. The fourth-order valence-corrected chi connectivity index (χ4v) is 2.52. The van der Waals surface area contributed by atoms with Crippen molar-refractivity contribution >= 4 is 11.7 Å². The summed E-state index contributed by atoms with van der Waals surface area (Å²) >= 11 is 0. The largest absolute Gasteiger partial charge is 0.467 e. The van der Waals surface area contributed by atoms with Crippen LogP contribution in [-0.4, -0.2) is 32.3 Å². The minimum atomic E-state index is -0.513. The number of ether oxygens (including phenoxy) is 2. The number of methoxy groups -OCH3 is 1. The molecule has 110 valence electrons. The van der Waals surface area contributed by atoms with Crippen molar-refractivity contribution in [3.05, 3.63) is 29.6 Å². The van der Waals surface area contributed by atoms with Gasteiger partial charge >= 0.3 is 5.97 Å². The van der Waals surface area contributed by atoms with Crippen molar-refractivity contribution in [2.24, 2.45) is 5.92 Å². The van der Waals surface area contributed by atoms with Crippen molar-refractivity contribution in [1.82, 2.24) is 0 Å². The first-order chi connectivity index (χ1) is 9.60. The zero-order valence-corrected chi connectivity index (χ0v) is 11.8. The van der Waals surface area contributed by atoms with Crippen LogP contribution in [0.1, 0.15) is 18.4 Å². The Hall–Kier alpha value is -1.62. The summed E-state index contributed by atoms with van der Waals surface area (Å²) in [5.74, 6) is -0.627. The molecule has 1 heterocycles. The molecule has 1 aliphatic heterocycles. The molecule has 1 fully saturated rings. The van der Waals surface area contributed by atoms with Crippen LogP contribution < -0.4 is 5.32 Å². The van der Waals surface area contributed by atoms with Gasteiger partial charge in [0, 0.05) is 18.2 Å². The molecule has 2 atom stereocenters. The molecule has 0 aliphatic carbocycles. The molecule has 2 rings (SSSR count). The van der Waals surface area contributed by atoms with Crippen LogP contribution in [0.3, 0.4) is 0 Å². The van der Waals surface area contributed by atoms with E-state index < -0.39 is 6.04 Å². The average molecular weight is 281 g/mol. The third-order valence-corrected chi connectivity index (χ3v) is 3.49. The molecule has 4 nitrogen and oxygen atoms in total. The van der Waals surface area contributed by atoms with Gasteiger partial charge in [-0.3, -0.25) is 0 Å². The summed E-state index contributed by atoms with van der Waals surface area (Å²) in [6, 6.07) is 4.12. The lowest BCUT2D eigenvalue weighted by atomic mass is 9.93. The van der Waals surface area contributed by atoms with Crippen LogP contribution >= 0.6 is 0 Å². The summed E-state index contributed by atoms with van der Waals surface area (Å²) in [7, 11) is 1.36. The number of nitrogens with one attached hydrogen (secondary N) is 1. The average Bonchev–Trinajstić information content (AvgIpc) is 2.44. The van der Waals surface area contributed by atoms with Gasteiger partial charge in [-0.05, 0) is 43.5 Å². The van der Waals surface area contributed by atoms with Crippen LogP contribution in [0.25, 0.3) is 0 Å². The van der Waals surface area contributed by atoms with E-state index in [-0.39, 0.29) is 17.7 Å². The van der Waals surface area contributed by atoms with Gasteiger partial charge in [0.15, 0.2) is 0 Å². The van der Waals surface area contributed by atoms with Crippen LogP contribution in [0.2, 0.25) is 0 Å². The van der Waals surface area contributed by atoms with E-state index >= 15 is 0 Å². The zero-order chi connectivity index (χ0) is 14.5. The number of aryl methyl sites for hydroxylation is 1. The second kappa shape index (κ2) is 6.70. The Labute approximate surface area is 118 Å². The molecule has 0 amide bonds. The van der Waals surface area contributed by atoms with Crippen molar-refractivity contribution < 1.29 is 18.7 Å². The number of halogens is 1. The van der Waals surface area contributed by atoms with E-state index in [1.165, 1.54) is 19.2 Å². The molecule has 0 saturated carbocycles. The molecule has 1 aliphatic rings. The standard InChI is InChI=1S/C15H20FNO3/c1-10-6-12(16)8-13(7-10)17-14(15(18)19-2)11-4-3-5-20-9-11/h6-8,11,14,17H,3-5,9H2,1-2H3. The first-order valence-electron chi connectivity index (χ1n) is 6.79. The topological polar surface area (TPSA) is 47.6 Å². The van der Waals surface area contributed by atoms with Crippen LogP contribution in [0.15, 0.2) is 18.2 Å². The number of hydrogen-bond donors (Lipinski definition) is 1. The molecule has 1 aromatic rings. The molecule has 5 heteroatoms. The molecular weight excluding hydrogens is 261 g/mol. The minimum absolute atomic E-state index is 0.0415. The second-order valence-corrected chi connectivity index (χ2v) is 5.14. The molecule has 20 heavy (non-hydrogen) atoms.